The number of terminal acetylenes is 1. The van der Waals surface area contributed by atoms with Crippen molar-refractivity contribution in [2.45, 2.75) is 31.5 Å². The lowest BCUT2D eigenvalue weighted by atomic mass is 10.1. The summed E-state index contributed by atoms with van der Waals surface area (Å²) in [6.07, 6.45) is 5.97. The fraction of sp³-hybridized carbons (Fsp3) is 0.368. The van der Waals surface area contributed by atoms with E-state index in [1.54, 1.807) is 17.9 Å². The smallest absolute Gasteiger partial charge is 0.332 e. The molecule has 3 atom stereocenters. The van der Waals surface area contributed by atoms with E-state index in [0.717, 1.165) is 0 Å². The van der Waals surface area contributed by atoms with Crippen LogP contribution in [0.5, 0.6) is 0 Å². The standard InChI is InChI=1S/C19H16ClN5O2S/c1-3-6-22-18(28)23-9-12-7-14(23)16-17(26)25(19(27)24(12)16)13-5-4-11(8-21)15(20)10(13)2/h1,4-5,12,14,16H,6-7,9H2,2H3,(H,22,28)/t12-,14?,16?/m1/s1. The van der Waals surface area contributed by atoms with Crippen LogP contribution in [0.3, 0.4) is 0 Å². The summed E-state index contributed by atoms with van der Waals surface area (Å²) in [5.74, 6) is 2.18. The van der Waals surface area contributed by atoms with Gasteiger partial charge in [-0.2, -0.15) is 5.26 Å². The molecular weight excluding hydrogens is 398 g/mol. The highest BCUT2D eigenvalue weighted by Gasteiger charge is 2.62. The van der Waals surface area contributed by atoms with Gasteiger partial charge >= 0.3 is 6.03 Å². The third-order valence-corrected chi connectivity index (χ3v) is 6.45. The van der Waals surface area contributed by atoms with Gasteiger partial charge in [-0.15, -0.1) is 6.42 Å². The normalized spacial score (nSPS) is 25.0. The number of thiocarbonyl (C=S) groups is 1. The van der Waals surface area contributed by atoms with Crippen molar-refractivity contribution in [3.05, 3.63) is 28.3 Å². The molecule has 0 aromatic heterocycles. The number of nitriles is 1. The molecule has 9 heteroatoms. The van der Waals surface area contributed by atoms with Crippen LogP contribution < -0.4 is 10.2 Å². The van der Waals surface area contributed by atoms with Crippen molar-refractivity contribution in [1.82, 2.24) is 15.1 Å². The van der Waals surface area contributed by atoms with Crippen molar-refractivity contribution >= 4 is 46.6 Å². The van der Waals surface area contributed by atoms with Crippen molar-refractivity contribution in [1.29, 1.82) is 5.26 Å². The minimum atomic E-state index is -0.592. The van der Waals surface area contributed by atoms with Gasteiger partial charge in [-0.1, -0.05) is 17.5 Å². The Morgan fingerprint density at radius 2 is 2.21 bits per heavy atom. The van der Waals surface area contributed by atoms with E-state index in [1.807, 2.05) is 11.0 Å². The molecule has 2 bridgehead atoms. The maximum atomic E-state index is 13.2. The van der Waals surface area contributed by atoms with Crippen LogP contribution in [-0.2, 0) is 4.79 Å². The number of imide groups is 1. The first-order valence-corrected chi connectivity index (χ1v) is 9.52. The molecular formula is C19H16ClN5O2S. The van der Waals surface area contributed by atoms with Crippen molar-refractivity contribution in [2.75, 3.05) is 18.0 Å². The topological polar surface area (TPSA) is 79.7 Å². The Kier molecular flexibility index (Phi) is 4.41. The molecule has 0 aliphatic carbocycles. The number of hydrogen-bond acceptors (Lipinski definition) is 4. The molecule has 3 amide bonds. The molecule has 0 spiro atoms. The van der Waals surface area contributed by atoms with E-state index in [-0.39, 0.29) is 29.0 Å². The summed E-state index contributed by atoms with van der Waals surface area (Å²) in [6, 6.07) is 3.90. The second-order valence-electron chi connectivity index (χ2n) is 6.96. The van der Waals surface area contributed by atoms with Gasteiger partial charge in [0, 0.05) is 6.54 Å². The van der Waals surface area contributed by atoms with Gasteiger partial charge < -0.3 is 15.1 Å². The number of halogens is 1. The number of nitrogens with one attached hydrogen (secondary N) is 1. The Hall–Kier alpha value is -2.81. The molecule has 3 aliphatic rings. The summed E-state index contributed by atoms with van der Waals surface area (Å²) in [6.45, 7) is 2.57. The first kappa shape index (κ1) is 18.5. The lowest BCUT2D eigenvalue weighted by Crippen LogP contribution is -2.56. The van der Waals surface area contributed by atoms with Crippen molar-refractivity contribution in [3.8, 4) is 18.4 Å². The predicted molar refractivity (Wildman–Crippen MR) is 108 cm³/mol. The zero-order valence-electron chi connectivity index (χ0n) is 15.0. The fourth-order valence-electron chi connectivity index (χ4n) is 4.34. The molecule has 28 heavy (non-hydrogen) atoms. The highest BCUT2D eigenvalue weighted by atomic mass is 35.5. The average molecular weight is 414 g/mol. The molecule has 3 fully saturated rings. The lowest BCUT2D eigenvalue weighted by Gasteiger charge is -2.36. The molecule has 3 saturated heterocycles. The number of carbonyl (C=O) groups is 2. The monoisotopic (exact) mass is 413 g/mol. The molecule has 3 aliphatic heterocycles. The number of nitrogens with zero attached hydrogens (tertiary/aromatic N) is 4. The Morgan fingerprint density at radius 3 is 2.89 bits per heavy atom. The number of likely N-dealkylation sites (tertiary alicyclic amines) is 1. The van der Waals surface area contributed by atoms with Gasteiger partial charge in [-0.05, 0) is 43.3 Å². The maximum absolute atomic E-state index is 13.2. The zero-order valence-corrected chi connectivity index (χ0v) is 16.5. The molecule has 1 aromatic carbocycles. The number of urea groups is 1. The van der Waals surface area contributed by atoms with E-state index in [1.165, 1.54) is 11.0 Å². The highest BCUT2D eigenvalue weighted by Crippen LogP contribution is 2.43. The van der Waals surface area contributed by atoms with E-state index < -0.39 is 6.04 Å². The Morgan fingerprint density at radius 1 is 1.46 bits per heavy atom. The number of fused-ring (bicyclic) bond motifs is 5. The number of anilines is 1. The quantitative estimate of drug-likeness (QED) is 0.451. The Labute approximate surface area is 172 Å². The number of amides is 3. The van der Waals surface area contributed by atoms with Crippen molar-refractivity contribution in [3.63, 3.8) is 0 Å². The summed E-state index contributed by atoms with van der Waals surface area (Å²) in [7, 11) is 0. The lowest BCUT2D eigenvalue weighted by molar-refractivity contribution is -0.120. The minimum absolute atomic E-state index is 0.0869. The van der Waals surface area contributed by atoms with Crippen LogP contribution in [0.1, 0.15) is 17.5 Å². The Bertz CT molecular complexity index is 997. The van der Waals surface area contributed by atoms with Crippen LogP contribution in [0.2, 0.25) is 5.02 Å². The number of benzene rings is 1. The van der Waals surface area contributed by atoms with Crippen LogP contribution in [0, 0.1) is 30.6 Å². The molecule has 0 radical (unpaired) electrons. The predicted octanol–water partition coefficient (Wildman–Crippen LogP) is 1.62. The van der Waals surface area contributed by atoms with E-state index in [9.17, 15) is 9.59 Å². The van der Waals surface area contributed by atoms with Crippen molar-refractivity contribution < 1.29 is 9.59 Å². The van der Waals surface area contributed by atoms with Gasteiger partial charge in [0.2, 0.25) is 0 Å². The third kappa shape index (κ3) is 2.46. The minimum Gasteiger partial charge on any atom is -0.352 e. The van der Waals surface area contributed by atoms with Gasteiger partial charge in [0.05, 0.1) is 34.9 Å². The third-order valence-electron chi connectivity index (χ3n) is 5.59. The molecule has 7 nitrogen and oxygen atoms in total. The zero-order chi connectivity index (χ0) is 20.2. The summed E-state index contributed by atoms with van der Waals surface area (Å²) < 4.78 is 0. The largest absolute Gasteiger partial charge is 0.352 e. The van der Waals surface area contributed by atoms with Crippen LogP contribution in [0.15, 0.2) is 12.1 Å². The molecule has 1 N–H and O–H groups in total. The molecule has 0 saturated carbocycles. The summed E-state index contributed by atoms with van der Waals surface area (Å²) in [4.78, 5) is 31.1. The average Bonchev–Trinajstić information content (AvgIpc) is 3.34. The molecule has 3 heterocycles. The number of carbonyl (C=O) groups excluding carboxylic acids is 2. The first-order valence-electron chi connectivity index (χ1n) is 8.74. The number of hydrogen-bond donors (Lipinski definition) is 1. The molecule has 2 unspecified atom stereocenters. The van der Waals surface area contributed by atoms with Crippen LogP contribution in [0.4, 0.5) is 10.5 Å². The van der Waals surface area contributed by atoms with Gasteiger partial charge in [-0.25, -0.2) is 9.69 Å². The molecule has 4 rings (SSSR count). The van der Waals surface area contributed by atoms with E-state index in [2.05, 4.69) is 11.2 Å². The molecule has 142 valence electrons. The highest BCUT2D eigenvalue weighted by molar-refractivity contribution is 7.80. The Balaban J connectivity index is 1.65. The summed E-state index contributed by atoms with van der Waals surface area (Å²) >= 11 is 11.6. The van der Waals surface area contributed by atoms with Gasteiger partial charge in [0.1, 0.15) is 12.1 Å². The van der Waals surface area contributed by atoms with E-state index in [0.29, 0.717) is 41.4 Å². The SMILES string of the molecule is C#CCNC(=S)N1C[C@H]2CC1C1C(=O)N(c3ccc(C#N)c(Cl)c3C)C(=O)N12. The first-order chi connectivity index (χ1) is 13.4. The molecule has 1 aromatic rings. The van der Waals surface area contributed by atoms with Gasteiger partial charge in [0.25, 0.3) is 5.91 Å². The fourth-order valence-corrected chi connectivity index (χ4v) is 4.83. The van der Waals surface area contributed by atoms with Crippen LogP contribution in [-0.4, -0.2) is 58.1 Å². The second kappa shape index (κ2) is 6.66. The van der Waals surface area contributed by atoms with E-state index in [4.69, 9.17) is 35.5 Å². The van der Waals surface area contributed by atoms with Crippen LogP contribution in [0.25, 0.3) is 0 Å². The maximum Gasteiger partial charge on any atom is 0.332 e. The summed E-state index contributed by atoms with van der Waals surface area (Å²) in [5, 5.41) is 12.9. The second-order valence-corrected chi connectivity index (χ2v) is 7.73. The summed E-state index contributed by atoms with van der Waals surface area (Å²) in [5.41, 5.74) is 1.24. The van der Waals surface area contributed by atoms with E-state index >= 15 is 0 Å². The van der Waals surface area contributed by atoms with Gasteiger partial charge in [-0.3, -0.25) is 4.79 Å². The number of piperazine rings is 1. The van der Waals surface area contributed by atoms with Crippen molar-refractivity contribution in [2.24, 2.45) is 0 Å². The van der Waals surface area contributed by atoms with Crippen LogP contribution >= 0.6 is 23.8 Å². The number of rotatable bonds is 2. The van der Waals surface area contributed by atoms with Gasteiger partial charge in [0.15, 0.2) is 5.11 Å².